The first kappa shape index (κ1) is 19.9. The van der Waals surface area contributed by atoms with Crippen LogP contribution in [0.3, 0.4) is 0 Å². The molecule has 35 heavy (non-hydrogen) atoms. The molecule has 0 saturated carbocycles. The molecule has 6 aromatic rings. The van der Waals surface area contributed by atoms with Gasteiger partial charge in [-0.05, 0) is 29.7 Å². The van der Waals surface area contributed by atoms with Crippen LogP contribution in [0.5, 0.6) is 0 Å². The summed E-state index contributed by atoms with van der Waals surface area (Å²) in [5, 5.41) is 3.76. The fraction of sp³-hybridized carbons (Fsp3) is 0.0645. The van der Waals surface area contributed by atoms with Crippen molar-refractivity contribution in [1.82, 2.24) is 19.5 Å². The zero-order valence-corrected chi connectivity index (χ0v) is 19.1. The summed E-state index contributed by atoms with van der Waals surface area (Å²) >= 11 is 0. The summed E-state index contributed by atoms with van der Waals surface area (Å²) in [6.45, 7) is 0. The largest absolute Gasteiger partial charge is 0.282 e. The first-order chi connectivity index (χ1) is 17.4. The number of allylic oxidation sites excluding steroid dienone is 1. The van der Waals surface area contributed by atoms with Gasteiger partial charge in [-0.25, -0.2) is 4.98 Å². The predicted octanol–water partition coefficient (Wildman–Crippen LogP) is 7.26. The summed E-state index contributed by atoms with van der Waals surface area (Å²) in [6.07, 6.45) is 6.49. The minimum Gasteiger partial charge on any atom is -0.282 e. The third kappa shape index (κ3) is 3.26. The summed E-state index contributed by atoms with van der Waals surface area (Å²) in [6, 6.07) is 33.3. The van der Waals surface area contributed by atoms with Crippen LogP contribution in [-0.4, -0.2) is 19.5 Å². The molecule has 4 nitrogen and oxygen atoms in total. The summed E-state index contributed by atoms with van der Waals surface area (Å²) in [4.78, 5) is 14.9. The molecule has 0 atom stereocenters. The highest BCUT2D eigenvalue weighted by Crippen LogP contribution is 2.38. The van der Waals surface area contributed by atoms with Gasteiger partial charge in [0.2, 0.25) is 5.95 Å². The van der Waals surface area contributed by atoms with E-state index in [9.17, 15) is 0 Å². The smallest absolute Gasteiger partial charge is 0.238 e. The van der Waals surface area contributed by atoms with Crippen LogP contribution in [-0.2, 0) is 6.42 Å². The molecule has 0 N–H and O–H groups in total. The average molecular weight is 451 g/mol. The van der Waals surface area contributed by atoms with Gasteiger partial charge in [0, 0.05) is 27.8 Å². The van der Waals surface area contributed by atoms with Crippen LogP contribution in [0.25, 0.3) is 56.5 Å². The fourth-order valence-corrected chi connectivity index (χ4v) is 5.11. The Balaban J connectivity index is 1.57. The van der Waals surface area contributed by atoms with Crippen LogP contribution in [0.2, 0.25) is 0 Å². The van der Waals surface area contributed by atoms with Gasteiger partial charge in [0.15, 0.2) is 11.6 Å². The molecule has 166 valence electrons. The summed E-state index contributed by atoms with van der Waals surface area (Å²) in [7, 11) is 0. The number of hydrogen-bond acceptors (Lipinski definition) is 3. The normalized spacial score (nSPS) is 12.8. The van der Waals surface area contributed by atoms with Crippen LogP contribution >= 0.6 is 0 Å². The number of fused-ring (bicyclic) bond motifs is 5. The summed E-state index contributed by atoms with van der Waals surface area (Å²) in [5.41, 5.74) is 5.60. The van der Waals surface area contributed by atoms with E-state index in [4.69, 9.17) is 15.0 Å². The second-order valence-corrected chi connectivity index (χ2v) is 8.83. The van der Waals surface area contributed by atoms with Gasteiger partial charge < -0.3 is 0 Å². The van der Waals surface area contributed by atoms with E-state index in [-0.39, 0.29) is 0 Å². The Kier molecular flexibility index (Phi) is 4.56. The van der Waals surface area contributed by atoms with Crippen LogP contribution in [0.15, 0.2) is 103 Å². The number of aromatic nitrogens is 4. The van der Waals surface area contributed by atoms with Crippen molar-refractivity contribution in [3.8, 4) is 28.7 Å². The van der Waals surface area contributed by atoms with Crippen LogP contribution < -0.4 is 0 Å². The first-order valence-corrected chi connectivity index (χ1v) is 12.0. The summed E-state index contributed by atoms with van der Waals surface area (Å²) < 4.78 is 2.25. The molecule has 0 saturated heterocycles. The molecule has 0 aliphatic heterocycles. The van der Waals surface area contributed by atoms with Crippen molar-refractivity contribution < 1.29 is 0 Å². The minimum absolute atomic E-state index is 0.662. The van der Waals surface area contributed by atoms with E-state index in [1.54, 1.807) is 0 Å². The standard InChI is InChI=1S/C31H22N4/c1-3-12-22(13-4-1)29-32-30(23-14-5-2-6-15-23)34-31(33-29)35-26-18-10-9-17-25(26)28-24-16-8-7-11-21(24)19-20-27(28)35/h1-9,11-17,19-20H,10,18H2. The predicted molar refractivity (Wildman–Crippen MR) is 142 cm³/mol. The average Bonchev–Trinajstić information content (AvgIpc) is 3.29. The summed E-state index contributed by atoms with van der Waals surface area (Å²) in [5.74, 6) is 2.02. The molecule has 1 aliphatic rings. The molecule has 4 aromatic carbocycles. The zero-order chi connectivity index (χ0) is 23.2. The monoisotopic (exact) mass is 450 g/mol. The van der Waals surface area contributed by atoms with Crippen molar-refractivity contribution in [2.24, 2.45) is 0 Å². The van der Waals surface area contributed by atoms with Crippen molar-refractivity contribution in [2.75, 3.05) is 0 Å². The highest BCUT2D eigenvalue weighted by molar-refractivity contribution is 6.12. The Morgan fingerprint density at radius 1 is 0.629 bits per heavy atom. The van der Waals surface area contributed by atoms with Crippen LogP contribution in [0, 0.1) is 0 Å². The van der Waals surface area contributed by atoms with Crippen molar-refractivity contribution in [3.05, 3.63) is 114 Å². The number of hydrogen-bond donors (Lipinski definition) is 0. The molecular weight excluding hydrogens is 428 g/mol. The molecule has 0 bridgehead atoms. The molecule has 2 aromatic heterocycles. The third-order valence-electron chi connectivity index (χ3n) is 6.72. The Morgan fingerprint density at radius 3 is 2.00 bits per heavy atom. The molecule has 7 rings (SSSR count). The molecule has 2 heterocycles. The van der Waals surface area contributed by atoms with E-state index in [1.807, 2.05) is 60.7 Å². The van der Waals surface area contributed by atoms with Crippen molar-refractivity contribution in [1.29, 1.82) is 0 Å². The molecule has 0 spiro atoms. The second-order valence-electron chi connectivity index (χ2n) is 8.83. The van der Waals surface area contributed by atoms with Gasteiger partial charge in [-0.3, -0.25) is 4.57 Å². The van der Waals surface area contributed by atoms with Gasteiger partial charge in [0.05, 0.1) is 5.52 Å². The maximum atomic E-state index is 5.03. The van der Waals surface area contributed by atoms with E-state index in [1.165, 1.54) is 27.4 Å². The van der Waals surface area contributed by atoms with Crippen molar-refractivity contribution in [3.63, 3.8) is 0 Å². The molecule has 0 radical (unpaired) electrons. The van der Waals surface area contributed by atoms with E-state index in [0.29, 0.717) is 17.6 Å². The number of nitrogens with zero attached hydrogens (tertiary/aromatic N) is 4. The number of benzene rings is 4. The molecule has 0 amide bonds. The lowest BCUT2D eigenvalue weighted by atomic mass is 9.98. The number of rotatable bonds is 3. The lowest BCUT2D eigenvalue weighted by Gasteiger charge is -2.14. The van der Waals surface area contributed by atoms with Gasteiger partial charge in [0.1, 0.15) is 0 Å². The van der Waals surface area contributed by atoms with Crippen LogP contribution in [0.4, 0.5) is 0 Å². The Morgan fingerprint density at radius 2 is 1.29 bits per heavy atom. The highest BCUT2D eigenvalue weighted by Gasteiger charge is 2.23. The van der Waals surface area contributed by atoms with Crippen LogP contribution in [0.1, 0.15) is 17.7 Å². The Labute approximate surface area is 203 Å². The SMILES string of the molecule is C1=Cc2c(n(-c3nc(-c4ccccc4)nc(-c4ccccc4)n3)c3ccc4ccccc4c23)CC1. The fourth-order valence-electron chi connectivity index (χ4n) is 5.11. The topological polar surface area (TPSA) is 43.6 Å². The Hall–Kier alpha value is -4.57. The molecule has 1 aliphatic carbocycles. The van der Waals surface area contributed by atoms with Crippen molar-refractivity contribution >= 4 is 27.8 Å². The first-order valence-electron chi connectivity index (χ1n) is 12.0. The third-order valence-corrected chi connectivity index (χ3v) is 6.72. The maximum Gasteiger partial charge on any atom is 0.238 e. The van der Waals surface area contributed by atoms with E-state index in [2.05, 4.69) is 53.1 Å². The highest BCUT2D eigenvalue weighted by atomic mass is 15.2. The van der Waals surface area contributed by atoms with Gasteiger partial charge in [-0.15, -0.1) is 0 Å². The Bertz CT molecular complexity index is 1670. The molecule has 0 fully saturated rings. The minimum atomic E-state index is 0.662. The lowest BCUT2D eigenvalue weighted by molar-refractivity contribution is 0.838. The molecular formula is C31H22N4. The lowest BCUT2D eigenvalue weighted by Crippen LogP contribution is -2.10. The van der Waals surface area contributed by atoms with Crippen molar-refractivity contribution in [2.45, 2.75) is 12.8 Å². The van der Waals surface area contributed by atoms with E-state index < -0.39 is 0 Å². The van der Waals surface area contributed by atoms with Gasteiger partial charge in [0.25, 0.3) is 0 Å². The second kappa shape index (κ2) is 8.03. The molecule has 0 unspecified atom stereocenters. The quantitative estimate of drug-likeness (QED) is 0.285. The van der Waals surface area contributed by atoms with Gasteiger partial charge in [-0.2, -0.15) is 9.97 Å². The van der Waals surface area contributed by atoms with Gasteiger partial charge in [-0.1, -0.05) is 103 Å². The molecule has 4 heteroatoms. The van der Waals surface area contributed by atoms with E-state index in [0.717, 1.165) is 29.5 Å². The zero-order valence-electron chi connectivity index (χ0n) is 19.1. The van der Waals surface area contributed by atoms with Gasteiger partial charge >= 0.3 is 0 Å². The maximum absolute atomic E-state index is 5.03. The van der Waals surface area contributed by atoms with E-state index >= 15 is 0 Å².